The van der Waals surface area contributed by atoms with Gasteiger partial charge < -0.3 is 15.0 Å². The molecule has 0 fully saturated rings. The Labute approximate surface area is 46.7 Å². The second-order valence-corrected chi connectivity index (χ2v) is 1.68. The number of ether oxygens (including phenoxy) is 1. The SMILES string of the molecule is c1cc2c([nH]1)NCO2. The van der Waals surface area contributed by atoms with Crippen LogP contribution in [0.25, 0.3) is 0 Å². The van der Waals surface area contributed by atoms with E-state index in [1.165, 1.54) is 0 Å². The highest BCUT2D eigenvalue weighted by atomic mass is 16.5. The van der Waals surface area contributed by atoms with E-state index >= 15 is 0 Å². The fourth-order valence-corrected chi connectivity index (χ4v) is 0.800. The van der Waals surface area contributed by atoms with Crippen LogP contribution in [-0.4, -0.2) is 11.7 Å². The lowest BCUT2D eigenvalue weighted by molar-refractivity contribution is 0.373. The Bertz CT molecular complexity index is 176. The predicted molar refractivity (Wildman–Crippen MR) is 29.9 cm³/mol. The number of nitrogens with one attached hydrogen (secondary N) is 2. The summed E-state index contributed by atoms with van der Waals surface area (Å²) in [6.45, 7) is 0.599. The third kappa shape index (κ3) is 0.332. The molecule has 1 aromatic heterocycles. The molecule has 1 aliphatic rings. The minimum atomic E-state index is 0.599. The van der Waals surface area contributed by atoms with Crippen molar-refractivity contribution in [3.05, 3.63) is 12.3 Å². The molecule has 0 spiro atoms. The van der Waals surface area contributed by atoms with Gasteiger partial charge in [-0.1, -0.05) is 0 Å². The molecule has 0 unspecified atom stereocenters. The number of aromatic nitrogens is 1. The minimum Gasteiger partial charge on any atom is -0.469 e. The van der Waals surface area contributed by atoms with Gasteiger partial charge in [0, 0.05) is 12.3 Å². The quantitative estimate of drug-likeness (QED) is 0.517. The van der Waals surface area contributed by atoms with Gasteiger partial charge in [-0.3, -0.25) is 0 Å². The van der Waals surface area contributed by atoms with Gasteiger partial charge in [0.15, 0.2) is 12.5 Å². The van der Waals surface area contributed by atoms with E-state index < -0.39 is 0 Å². The van der Waals surface area contributed by atoms with E-state index in [0.29, 0.717) is 6.73 Å². The molecular formula is C5H6N2O. The van der Waals surface area contributed by atoms with Crippen molar-refractivity contribution in [2.75, 3.05) is 12.0 Å². The van der Waals surface area contributed by atoms with Crippen LogP contribution in [0, 0.1) is 0 Å². The lowest BCUT2D eigenvalue weighted by atomic mass is 10.6. The van der Waals surface area contributed by atoms with Crippen molar-refractivity contribution in [1.82, 2.24) is 4.98 Å². The zero-order valence-electron chi connectivity index (χ0n) is 4.27. The van der Waals surface area contributed by atoms with E-state index in [0.717, 1.165) is 11.6 Å². The molecule has 0 atom stereocenters. The molecule has 42 valence electrons. The number of aromatic amines is 1. The first-order valence-corrected chi connectivity index (χ1v) is 2.51. The molecule has 2 rings (SSSR count). The third-order valence-electron chi connectivity index (χ3n) is 1.19. The number of fused-ring (bicyclic) bond motifs is 1. The molecule has 8 heavy (non-hydrogen) atoms. The van der Waals surface area contributed by atoms with Crippen LogP contribution < -0.4 is 10.1 Å². The van der Waals surface area contributed by atoms with Crippen LogP contribution in [0.3, 0.4) is 0 Å². The molecule has 0 aromatic carbocycles. The first-order valence-electron chi connectivity index (χ1n) is 2.51. The zero-order valence-corrected chi connectivity index (χ0v) is 4.27. The molecule has 1 aromatic rings. The predicted octanol–water partition coefficient (Wildman–Crippen LogP) is 0.776. The Morgan fingerprint density at radius 3 is 3.50 bits per heavy atom. The number of H-pyrrole nitrogens is 1. The van der Waals surface area contributed by atoms with Crippen LogP contribution in [-0.2, 0) is 0 Å². The summed E-state index contributed by atoms with van der Waals surface area (Å²) in [6, 6.07) is 1.90. The van der Waals surface area contributed by atoms with Crippen molar-refractivity contribution in [1.29, 1.82) is 0 Å². The van der Waals surface area contributed by atoms with Crippen molar-refractivity contribution in [2.24, 2.45) is 0 Å². The molecule has 2 heterocycles. The first kappa shape index (κ1) is 3.83. The lowest BCUT2D eigenvalue weighted by Gasteiger charge is -1.86. The topological polar surface area (TPSA) is 37.0 Å². The second-order valence-electron chi connectivity index (χ2n) is 1.68. The van der Waals surface area contributed by atoms with Gasteiger partial charge in [-0.2, -0.15) is 0 Å². The van der Waals surface area contributed by atoms with Crippen molar-refractivity contribution in [2.45, 2.75) is 0 Å². The summed E-state index contributed by atoms with van der Waals surface area (Å²) in [4.78, 5) is 2.98. The number of hydrogen-bond acceptors (Lipinski definition) is 2. The molecule has 3 heteroatoms. The minimum absolute atomic E-state index is 0.599. The fourth-order valence-electron chi connectivity index (χ4n) is 0.800. The van der Waals surface area contributed by atoms with E-state index in [9.17, 15) is 0 Å². The van der Waals surface area contributed by atoms with Crippen LogP contribution in [0.2, 0.25) is 0 Å². The van der Waals surface area contributed by atoms with Crippen LogP contribution >= 0.6 is 0 Å². The molecule has 0 amide bonds. The summed E-state index contributed by atoms with van der Waals surface area (Å²) < 4.78 is 5.10. The highest BCUT2D eigenvalue weighted by molar-refractivity contribution is 5.53. The molecular weight excluding hydrogens is 104 g/mol. The normalized spacial score (nSPS) is 14.5. The second kappa shape index (κ2) is 1.18. The molecule has 0 aliphatic carbocycles. The number of rotatable bonds is 0. The zero-order chi connectivity index (χ0) is 5.40. The summed E-state index contributed by atoms with van der Waals surface area (Å²) in [5.74, 6) is 1.91. The van der Waals surface area contributed by atoms with Crippen LogP contribution in [0.1, 0.15) is 0 Å². The van der Waals surface area contributed by atoms with E-state index in [2.05, 4.69) is 10.3 Å². The number of anilines is 1. The van der Waals surface area contributed by atoms with Gasteiger partial charge in [0.25, 0.3) is 0 Å². The molecule has 0 radical (unpaired) electrons. The molecule has 0 saturated carbocycles. The van der Waals surface area contributed by atoms with E-state index in [4.69, 9.17) is 4.74 Å². The summed E-state index contributed by atoms with van der Waals surface area (Å²) in [7, 11) is 0. The Morgan fingerprint density at radius 2 is 2.62 bits per heavy atom. The summed E-state index contributed by atoms with van der Waals surface area (Å²) in [6.07, 6.45) is 1.84. The Hall–Kier alpha value is -1.12. The van der Waals surface area contributed by atoms with Gasteiger partial charge >= 0.3 is 0 Å². The number of hydrogen-bond donors (Lipinski definition) is 2. The average molecular weight is 110 g/mol. The van der Waals surface area contributed by atoms with Crippen LogP contribution in [0.15, 0.2) is 12.3 Å². The molecule has 3 nitrogen and oxygen atoms in total. The largest absolute Gasteiger partial charge is 0.469 e. The monoisotopic (exact) mass is 110 g/mol. The summed E-state index contributed by atoms with van der Waals surface area (Å²) in [5, 5.41) is 3.00. The van der Waals surface area contributed by atoms with Crippen LogP contribution in [0.4, 0.5) is 5.82 Å². The van der Waals surface area contributed by atoms with Crippen LogP contribution in [0.5, 0.6) is 5.75 Å². The molecule has 0 saturated heterocycles. The maximum Gasteiger partial charge on any atom is 0.163 e. The molecule has 1 aliphatic heterocycles. The fraction of sp³-hybridized carbons (Fsp3) is 0.200. The lowest BCUT2D eigenvalue weighted by Crippen LogP contribution is -1.97. The standard InChI is InChI=1S/C5H6N2O/c1-2-6-5-4(1)8-3-7-5/h1-2,6-7H,3H2. The highest BCUT2D eigenvalue weighted by Gasteiger charge is 2.09. The van der Waals surface area contributed by atoms with Gasteiger partial charge in [0.1, 0.15) is 5.82 Å². The van der Waals surface area contributed by atoms with Crippen molar-refractivity contribution < 1.29 is 4.74 Å². The van der Waals surface area contributed by atoms with Gasteiger partial charge in [-0.25, -0.2) is 0 Å². The van der Waals surface area contributed by atoms with Crippen molar-refractivity contribution >= 4 is 5.82 Å². The third-order valence-corrected chi connectivity index (χ3v) is 1.19. The Balaban J connectivity index is 2.54. The average Bonchev–Trinajstić information content (AvgIpc) is 2.15. The maximum absolute atomic E-state index is 5.10. The van der Waals surface area contributed by atoms with Gasteiger partial charge in [0.2, 0.25) is 0 Å². The summed E-state index contributed by atoms with van der Waals surface area (Å²) >= 11 is 0. The first-order chi connectivity index (χ1) is 3.97. The van der Waals surface area contributed by atoms with E-state index in [-0.39, 0.29) is 0 Å². The molecule has 2 N–H and O–H groups in total. The Morgan fingerprint density at radius 1 is 1.62 bits per heavy atom. The van der Waals surface area contributed by atoms with E-state index in [1.807, 2.05) is 12.3 Å². The summed E-state index contributed by atoms with van der Waals surface area (Å²) in [5.41, 5.74) is 0. The maximum atomic E-state index is 5.10. The van der Waals surface area contributed by atoms with Crippen molar-refractivity contribution in [3.63, 3.8) is 0 Å². The Kier molecular flexibility index (Phi) is 0.566. The van der Waals surface area contributed by atoms with Gasteiger partial charge in [-0.15, -0.1) is 0 Å². The van der Waals surface area contributed by atoms with Crippen molar-refractivity contribution in [3.8, 4) is 5.75 Å². The van der Waals surface area contributed by atoms with Gasteiger partial charge in [0.05, 0.1) is 0 Å². The molecule has 0 bridgehead atoms. The highest BCUT2D eigenvalue weighted by Crippen LogP contribution is 2.25. The van der Waals surface area contributed by atoms with Gasteiger partial charge in [-0.05, 0) is 0 Å². The smallest absolute Gasteiger partial charge is 0.163 e. The van der Waals surface area contributed by atoms with E-state index in [1.54, 1.807) is 0 Å².